The predicted molar refractivity (Wildman–Crippen MR) is 84.4 cm³/mol. The SMILES string of the molecule is C[C@]12CC3CC(NC(=O)CCCCC(=O)O)(C1)C[C@@](C)(C3)C2. The number of hydrogen-bond acceptors (Lipinski definition) is 2. The molecule has 4 fully saturated rings. The quantitative estimate of drug-likeness (QED) is 0.738. The van der Waals surface area contributed by atoms with Gasteiger partial charge in [0, 0.05) is 18.4 Å². The van der Waals surface area contributed by atoms with E-state index in [9.17, 15) is 9.59 Å². The van der Waals surface area contributed by atoms with E-state index in [-0.39, 0.29) is 17.9 Å². The molecule has 2 N–H and O–H groups in total. The number of unbranched alkanes of at least 4 members (excludes halogenated alkanes) is 1. The van der Waals surface area contributed by atoms with Gasteiger partial charge in [0.05, 0.1) is 0 Å². The van der Waals surface area contributed by atoms with E-state index >= 15 is 0 Å². The summed E-state index contributed by atoms with van der Waals surface area (Å²) in [6.45, 7) is 4.81. The van der Waals surface area contributed by atoms with E-state index in [1.54, 1.807) is 0 Å². The summed E-state index contributed by atoms with van der Waals surface area (Å²) < 4.78 is 0. The number of carboxylic acid groups (broad SMARTS) is 1. The monoisotopic (exact) mass is 307 g/mol. The first-order valence-corrected chi connectivity index (χ1v) is 8.75. The minimum Gasteiger partial charge on any atom is -0.481 e. The second-order valence-corrected chi connectivity index (χ2v) is 9.06. The molecule has 124 valence electrons. The molecule has 0 aliphatic heterocycles. The molecule has 0 aromatic heterocycles. The Kier molecular flexibility index (Phi) is 3.77. The van der Waals surface area contributed by atoms with Crippen molar-refractivity contribution in [2.75, 3.05) is 0 Å². The number of carbonyl (C=O) groups is 2. The molecule has 4 bridgehead atoms. The van der Waals surface area contributed by atoms with Gasteiger partial charge in [-0.25, -0.2) is 0 Å². The van der Waals surface area contributed by atoms with Crippen molar-refractivity contribution < 1.29 is 14.7 Å². The van der Waals surface area contributed by atoms with Crippen LogP contribution in [0.1, 0.15) is 78.1 Å². The minimum atomic E-state index is -0.776. The second-order valence-electron chi connectivity index (χ2n) is 9.06. The summed E-state index contributed by atoms with van der Waals surface area (Å²) >= 11 is 0. The molecule has 22 heavy (non-hydrogen) atoms. The van der Waals surface area contributed by atoms with E-state index in [1.807, 2.05) is 0 Å². The molecule has 4 aliphatic rings. The Balaban J connectivity index is 1.58. The van der Waals surface area contributed by atoms with E-state index in [0.717, 1.165) is 25.2 Å². The Hall–Kier alpha value is -1.06. The van der Waals surface area contributed by atoms with Gasteiger partial charge in [-0.1, -0.05) is 13.8 Å². The Bertz CT molecular complexity index is 469. The van der Waals surface area contributed by atoms with E-state index in [4.69, 9.17) is 5.11 Å². The average molecular weight is 307 g/mol. The van der Waals surface area contributed by atoms with Crippen LogP contribution in [0.15, 0.2) is 0 Å². The molecule has 2 unspecified atom stereocenters. The van der Waals surface area contributed by atoms with Crippen molar-refractivity contribution in [3.63, 3.8) is 0 Å². The summed E-state index contributed by atoms with van der Waals surface area (Å²) in [7, 11) is 0. The fourth-order valence-electron chi connectivity index (χ4n) is 6.51. The smallest absolute Gasteiger partial charge is 0.303 e. The average Bonchev–Trinajstić information content (AvgIpc) is 2.28. The molecule has 0 saturated heterocycles. The number of amides is 1. The topological polar surface area (TPSA) is 66.4 Å². The molecular formula is C18H29NO3. The zero-order valence-corrected chi connectivity index (χ0v) is 13.9. The van der Waals surface area contributed by atoms with Crippen molar-refractivity contribution in [2.24, 2.45) is 16.7 Å². The molecule has 4 atom stereocenters. The van der Waals surface area contributed by atoms with Crippen LogP contribution >= 0.6 is 0 Å². The first kappa shape index (κ1) is 15.8. The van der Waals surface area contributed by atoms with Gasteiger partial charge in [0.25, 0.3) is 0 Å². The van der Waals surface area contributed by atoms with E-state index < -0.39 is 5.97 Å². The van der Waals surface area contributed by atoms with Gasteiger partial charge >= 0.3 is 5.97 Å². The molecule has 0 aromatic carbocycles. The standard InChI is InChI=1S/C18H29NO3/c1-16-7-13-8-17(2,10-16)12-18(9-13,11-16)19-14(20)5-3-4-6-15(21)22/h13H,3-12H2,1-2H3,(H,19,20)(H,21,22)/t13?,16-,17+,18?. The number of carboxylic acids is 1. The molecule has 0 spiro atoms. The van der Waals surface area contributed by atoms with Gasteiger partial charge in [0.15, 0.2) is 0 Å². The number of carbonyl (C=O) groups excluding carboxylic acids is 1. The first-order chi connectivity index (χ1) is 10.2. The minimum absolute atomic E-state index is 0.0206. The maximum absolute atomic E-state index is 12.3. The summed E-state index contributed by atoms with van der Waals surface area (Å²) in [5.74, 6) is 0.125. The van der Waals surface area contributed by atoms with Crippen LogP contribution in [0.25, 0.3) is 0 Å². The molecule has 0 aromatic rings. The van der Waals surface area contributed by atoms with E-state index in [1.165, 1.54) is 19.3 Å². The van der Waals surface area contributed by atoms with Gasteiger partial charge in [-0.15, -0.1) is 0 Å². The molecule has 1 amide bonds. The highest BCUT2D eigenvalue weighted by molar-refractivity contribution is 5.77. The van der Waals surface area contributed by atoms with Crippen LogP contribution < -0.4 is 5.32 Å². The summed E-state index contributed by atoms with van der Waals surface area (Å²) in [6.07, 6.45) is 9.28. The predicted octanol–water partition coefficient (Wildman–Crippen LogP) is 3.50. The lowest BCUT2D eigenvalue weighted by atomic mass is 9.43. The molecule has 4 aliphatic carbocycles. The van der Waals surface area contributed by atoms with Crippen molar-refractivity contribution >= 4 is 11.9 Å². The van der Waals surface area contributed by atoms with Gasteiger partial charge in [-0.2, -0.15) is 0 Å². The highest BCUT2D eigenvalue weighted by Crippen LogP contribution is 2.66. The zero-order valence-electron chi connectivity index (χ0n) is 13.9. The summed E-state index contributed by atoms with van der Waals surface area (Å²) in [6, 6.07) is 0. The lowest BCUT2D eigenvalue weighted by Crippen LogP contribution is -2.65. The summed E-state index contributed by atoms with van der Waals surface area (Å²) in [5, 5.41) is 12.0. The van der Waals surface area contributed by atoms with Crippen molar-refractivity contribution in [3.05, 3.63) is 0 Å². The molecule has 4 nitrogen and oxygen atoms in total. The van der Waals surface area contributed by atoms with Gasteiger partial charge in [-0.3, -0.25) is 9.59 Å². The number of nitrogens with one attached hydrogen (secondary N) is 1. The van der Waals surface area contributed by atoms with Crippen LogP contribution in [-0.2, 0) is 9.59 Å². The van der Waals surface area contributed by atoms with Crippen molar-refractivity contribution in [2.45, 2.75) is 83.6 Å². The third kappa shape index (κ3) is 3.16. The van der Waals surface area contributed by atoms with Gasteiger partial charge in [-0.05, 0) is 68.1 Å². The van der Waals surface area contributed by atoms with E-state index in [0.29, 0.717) is 30.1 Å². The van der Waals surface area contributed by atoms with Crippen molar-refractivity contribution in [3.8, 4) is 0 Å². The van der Waals surface area contributed by atoms with Crippen LogP contribution in [0.5, 0.6) is 0 Å². The zero-order chi connectivity index (χ0) is 16.0. The fourth-order valence-corrected chi connectivity index (χ4v) is 6.51. The van der Waals surface area contributed by atoms with Crippen LogP contribution in [0, 0.1) is 16.7 Å². The Morgan fingerprint density at radius 1 is 1.00 bits per heavy atom. The number of hydrogen-bond donors (Lipinski definition) is 2. The molecule has 0 radical (unpaired) electrons. The molecule has 4 saturated carbocycles. The van der Waals surface area contributed by atoms with Crippen molar-refractivity contribution in [1.29, 1.82) is 0 Å². The third-order valence-corrected chi connectivity index (χ3v) is 6.08. The van der Waals surface area contributed by atoms with Crippen LogP contribution in [0.4, 0.5) is 0 Å². The second kappa shape index (κ2) is 5.24. The van der Waals surface area contributed by atoms with Crippen molar-refractivity contribution in [1.82, 2.24) is 5.32 Å². The van der Waals surface area contributed by atoms with Crippen LogP contribution in [0.2, 0.25) is 0 Å². The maximum Gasteiger partial charge on any atom is 0.303 e. The largest absolute Gasteiger partial charge is 0.481 e. The Labute approximate surface area is 133 Å². The normalized spacial score (nSPS) is 42.4. The molecule has 4 rings (SSSR count). The Morgan fingerprint density at radius 3 is 2.14 bits per heavy atom. The lowest BCUT2D eigenvalue weighted by molar-refractivity contribution is -0.140. The lowest BCUT2D eigenvalue weighted by Gasteiger charge is -2.65. The van der Waals surface area contributed by atoms with Crippen LogP contribution in [0.3, 0.4) is 0 Å². The van der Waals surface area contributed by atoms with Gasteiger partial charge in [0.2, 0.25) is 5.91 Å². The highest BCUT2D eigenvalue weighted by atomic mass is 16.4. The summed E-state index contributed by atoms with van der Waals surface area (Å²) in [5.41, 5.74) is 0.836. The van der Waals surface area contributed by atoms with Crippen LogP contribution in [-0.4, -0.2) is 22.5 Å². The number of rotatable bonds is 6. The third-order valence-electron chi connectivity index (χ3n) is 6.08. The summed E-state index contributed by atoms with van der Waals surface area (Å²) in [4.78, 5) is 22.8. The first-order valence-electron chi connectivity index (χ1n) is 8.75. The maximum atomic E-state index is 12.3. The fraction of sp³-hybridized carbons (Fsp3) is 0.889. The van der Waals surface area contributed by atoms with Gasteiger partial charge < -0.3 is 10.4 Å². The number of aliphatic carboxylic acids is 1. The molecule has 0 heterocycles. The highest BCUT2D eigenvalue weighted by Gasteiger charge is 2.60. The Morgan fingerprint density at radius 2 is 1.59 bits per heavy atom. The molecule has 4 heteroatoms. The van der Waals surface area contributed by atoms with E-state index in [2.05, 4.69) is 19.2 Å². The van der Waals surface area contributed by atoms with Gasteiger partial charge in [0.1, 0.15) is 0 Å². The molecular weight excluding hydrogens is 278 g/mol.